The van der Waals surface area contributed by atoms with Gasteiger partial charge in [-0.3, -0.25) is 9.59 Å². The van der Waals surface area contributed by atoms with Crippen molar-refractivity contribution in [1.82, 2.24) is 0 Å². The fourth-order valence-corrected chi connectivity index (χ4v) is 5.39. The van der Waals surface area contributed by atoms with Crippen molar-refractivity contribution in [3.05, 3.63) is 48.6 Å². The zero-order chi connectivity index (χ0) is 19.0. The van der Waals surface area contributed by atoms with Crippen molar-refractivity contribution < 1.29 is 18.7 Å². The van der Waals surface area contributed by atoms with Crippen LogP contribution in [0.25, 0.3) is 21.9 Å². The van der Waals surface area contributed by atoms with Crippen LogP contribution >= 0.6 is 0 Å². The normalized spacial score (nSPS) is 28.5. The van der Waals surface area contributed by atoms with Gasteiger partial charge in [-0.2, -0.15) is 0 Å². The quantitative estimate of drug-likeness (QED) is 0.496. The van der Waals surface area contributed by atoms with Crippen molar-refractivity contribution in [3.8, 4) is 5.75 Å². The van der Waals surface area contributed by atoms with Gasteiger partial charge in [-0.25, -0.2) is 4.90 Å². The molecular weight excluding hydrogens is 354 g/mol. The first-order valence-corrected chi connectivity index (χ1v) is 9.73. The van der Waals surface area contributed by atoms with Crippen LogP contribution in [0, 0.1) is 23.7 Å². The van der Waals surface area contributed by atoms with E-state index in [0.29, 0.717) is 17.0 Å². The maximum Gasteiger partial charge on any atom is 0.238 e. The van der Waals surface area contributed by atoms with Crippen molar-refractivity contribution >= 4 is 39.4 Å². The number of methoxy groups -OCH3 is 1. The zero-order valence-corrected chi connectivity index (χ0v) is 15.4. The monoisotopic (exact) mass is 373 g/mol. The van der Waals surface area contributed by atoms with Crippen molar-refractivity contribution in [2.75, 3.05) is 12.0 Å². The Kier molecular flexibility index (Phi) is 3.11. The van der Waals surface area contributed by atoms with Crippen LogP contribution in [-0.2, 0) is 9.59 Å². The maximum absolute atomic E-state index is 13.3. The number of rotatable bonds is 2. The van der Waals surface area contributed by atoms with E-state index in [-0.39, 0.29) is 35.5 Å². The van der Waals surface area contributed by atoms with Crippen LogP contribution in [0.1, 0.15) is 12.8 Å². The number of fused-ring (bicyclic) bond motifs is 4. The van der Waals surface area contributed by atoms with Gasteiger partial charge in [0.2, 0.25) is 11.8 Å². The number of benzene rings is 2. The van der Waals surface area contributed by atoms with Crippen LogP contribution in [-0.4, -0.2) is 18.9 Å². The number of hydrogen-bond acceptors (Lipinski definition) is 4. The van der Waals surface area contributed by atoms with Crippen molar-refractivity contribution in [1.29, 1.82) is 0 Å². The Morgan fingerprint density at radius 2 is 1.61 bits per heavy atom. The summed E-state index contributed by atoms with van der Waals surface area (Å²) in [6.45, 7) is 0. The van der Waals surface area contributed by atoms with Crippen molar-refractivity contribution in [2.24, 2.45) is 23.7 Å². The summed E-state index contributed by atoms with van der Waals surface area (Å²) in [4.78, 5) is 28.0. The number of para-hydroxylation sites is 1. The molecule has 2 aromatic carbocycles. The predicted octanol–water partition coefficient (Wildman–Crippen LogP) is 4.30. The van der Waals surface area contributed by atoms with Gasteiger partial charge in [-0.1, -0.05) is 30.4 Å². The molecule has 7 rings (SSSR count). The number of carbonyl (C=O) groups is 2. The van der Waals surface area contributed by atoms with Crippen LogP contribution in [0.3, 0.4) is 0 Å². The summed E-state index contributed by atoms with van der Waals surface area (Å²) in [6, 6.07) is 11.4. The molecule has 5 heteroatoms. The van der Waals surface area contributed by atoms with Gasteiger partial charge in [0, 0.05) is 16.8 Å². The minimum atomic E-state index is -0.243. The Balaban J connectivity index is 1.53. The van der Waals surface area contributed by atoms with E-state index in [9.17, 15) is 9.59 Å². The average molecular weight is 373 g/mol. The molecule has 2 fully saturated rings. The van der Waals surface area contributed by atoms with E-state index in [4.69, 9.17) is 9.15 Å². The molecule has 0 spiro atoms. The average Bonchev–Trinajstić information content (AvgIpc) is 3.23. The number of allylic oxidation sites excluding steroid dienone is 2. The first-order chi connectivity index (χ1) is 13.7. The van der Waals surface area contributed by atoms with Gasteiger partial charge in [0.05, 0.1) is 24.6 Å². The highest BCUT2D eigenvalue weighted by Crippen LogP contribution is 2.51. The third-order valence-corrected chi connectivity index (χ3v) is 6.68. The highest BCUT2D eigenvalue weighted by Gasteiger charge is 2.57. The van der Waals surface area contributed by atoms with Gasteiger partial charge in [0.25, 0.3) is 0 Å². The Bertz CT molecular complexity index is 1160. The number of imide groups is 1. The fraction of sp³-hybridized carbons (Fsp3) is 0.304. The van der Waals surface area contributed by atoms with Crippen molar-refractivity contribution in [2.45, 2.75) is 12.8 Å². The number of carbonyl (C=O) groups excluding carboxylic acids is 2. The molecule has 0 unspecified atom stereocenters. The van der Waals surface area contributed by atoms with E-state index < -0.39 is 0 Å². The SMILES string of the molecule is COc1cc2c(cc1N1C(=O)[C@@H]3[C@H](C1=O)[C@@H]1C=C[C@H]3CC1)oc1ccccc12. The molecule has 1 saturated carbocycles. The first kappa shape index (κ1) is 15.9. The lowest BCUT2D eigenvalue weighted by atomic mass is 9.63. The molecule has 1 aliphatic heterocycles. The summed E-state index contributed by atoms with van der Waals surface area (Å²) in [5.41, 5.74) is 1.90. The summed E-state index contributed by atoms with van der Waals surface area (Å²) in [5, 5.41) is 1.90. The molecule has 1 saturated heterocycles. The Morgan fingerprint density at radius 3 is 2.25 bits per heavy atom. The van der Waals surface area contributed by atoms with Crippen LogP contribution < -0.4 is 9.64 Å². The summed E-state index contributed by atoms with van der Waals surface area (Å²) in [7, 11) is 1.57. The van der Waals surface area contributed by atoms with Gasteiger partial charge in [-0.05, 0) is 36.8 Å². The number of furan rings is 1. The second kappa shape index (κ2) is 5.47. The highest BCUT2D eigenvalue weighted by atomic mass is 16.5. The third-order valence-electron chi connectivity index (χ3n) is 6.68. The molecule has 4 aliphatic rings. The smallest absolute Gasteiger partial charge is 0.238 e. The zero-order valence-electron chi connectivity index (χ0n) is 15.4. The molecule has 4 atom stereocenters. The predicted molar refractivity (Wildman–Crippen MR) is 105 cm³/mol. The maximum atomic E-state index is 13.3. The highest BCUT2D eigenvalue weighted by molar-refractivity contribution is 6.24. The van der Waals surface area contributed by atoms with Crippen LogP contribution in [0.5, 0.6) is 5.75 Å². The molecule has 2 bridgehead atoms. The van der Waals surface area contributed by atoms with E-state index in [1.165, 1.54) is 4.90 Å². The summed E-state index contributed by atoms with van der Waals surface area (Å²) in [5.74, 6) is 0.139. The first-order valence-electron chi connectivity index (χ1n) is 9.73. The van der Waals surface area contributed by atoms with Gasteiger partial charge >= 0.3 is 0 Å². The lowest BCUT2D eigenvalue weighted by molar-refractivity contribution is -0.124. The van der Waals surface area contributed by atoms with E-state index in [0.717, 1.165) is 29.2 Å². The second-order valence-corrected chi connectivity index (χ2v) is 7.97. The summed E-state index contributed by atoms with van der Waals surface area (Å²) < 4.78 is 11.6. The van der Waals surface area contributed by atoms with Gasteiger partial charge in [-0.15, -0.1) is 0 Å². The molecule has 3 aromatic rings. The molecule has 3 aliphatic carbocycles. The van der Waals surface area contributed by atoms with Gasteiger partial charge < -0.3 is 9.15 Å². The third kappa shape index (κ3) is 1.91. The number of hydrogen-bond donors (Lipinski definition) is 0. The van der Waals surface area contributed by atoms with E-state index in [1.807, 2.05) is 30.3 Å². The molecule has 5 nitrogen and oxygen atoms in total. The van der Waals surface area contributed by atoms with Gasteiger partial charge in [0.1, 0.15) is 16.9 Å². The molecule has 140 valence electrons. The molecule has 0 N–H and O–H groups in total. The summed E-state index contributed by atoms with van der Waals surface area (Å²) >= 11 is 0. The Labute approximate surface area is 161 Å². The number of nitrogens with zero attached hydrogens (tertiary/aromatic N) is 1. The van der Waals surface area contributed by atoms with Gasteiger partial charge in [0.15, 0.2) is 0 Å². The lowest BCUT2D eigenvalue weighted by Gasteiger charge is -2.38. The van der Waals surface area contributed by atoms with E-state index in [1.54, 1.807) is 13.2 Å². The van der Waals surface area contributed by atoms with Crippen LogP contribution in [0.4, 0.5) is 5.69 Å². The summed E-state index contributed by atoms with van der Waals surface area (Å²) in [6.07, 6.45) is 6.22. The number of amides is 2. The standard InChI is InChI=1S/C23H19NO4/c1-27-19-10-15-14-4-2-3-5-17(14)28-18(15)11-16(19)24-22(25)20-12-6-7-13(9-8-12)21(20)23(24)26/h2-7,10-13,20-21H,8-9H2,1H3/t12-,13+,20-,21+. The fourth-order valence-electron chi connectivity index (χ4n) is 5.39. The largest absolute Gasteiger partial charge is 0.495 e. The number of ether oxygens (including phenoxy) is 1. The minimum Gasteiger partial charge on any atom is -0.495 e. The molecule has 0 radical (unpaired) electrons. The molecule has 1 aromatic heterocycles. The molecule has 28 heavy (non-hydrogen) atoms. The molecule has 2 heterocycles. The lowest BCUT2D eigenvalue weighted by Crippen LogP contribution is -2.38. The Hall–Kier alpha value is -3.08. The molecular formula is C23H19NO4. The van der Waals surface area contributed by atoms with Crippen LogP contribution in [0.15, 0.2) is 53.0 Å². The minimum absolute atomic E-state index is 0.109. The van der Waals surface area contributed by atoms with Crippen molar-refractivity contribution in [3.63, 3.8) is 0 Å². The topological polar surface area (TPSA) is 59.8 Å². The van der Waals surface area contributed by atoms with Crippen LogP contribution in [0.2, 0.25) is 0 Å². The van der Waals surface area contributed by atoms with E-state index in [2.05, 4.69) is 12.2 Å². The Morgan fingerprint density at radius 1 is 0.929 bits per heavy atom. The second-order valence-electron chi connectivity index (χ2n) is 7.97. The molecule has 2 amide bonds. The van der Waals surface area contributed by atoms with E-state index >= 15 is 0 Å². The number of anilines is 1.